The highest BCUT2D eigenvalue weighted by atomic mass is 16.3. The van der Waals surface area contributed by atoms with Gasteiger partial charge in [0.15, 0.2) is 0 Å². The fourth-order valence-electron chi connectivity index (χ4n) is 7.87. The summed E-state index contributed by atoms with van der Waals surface area (Å²) >= 11 is 0. The van der Waals surface area contributed by atoms with Gasteiger partial charge in [0.05, 0.1) is 22.3 Å². The molecule has 0 unspecified atom stereocenters. The zero-order valence-electron chi connectivity index (χ0n) is 34.3. The van der Waals surface area contributed by atoms with Gasteiger partial charge in [0, 0.05) is 34.0 Å². The minimum atomic E-state index is -0.311. The summed E-state index contributed by atoms with van der Waals surface area (Å²) in [6.07, 6.45) is 1.91. The fraction of sp³-hybridized carbons (Fsp3) is 0.208. The lowest BCUT2D eigenvalue weighted by atomic mass is 9.76. The number of aromatic hydroxyl groups is 1. The summed E-state index contributed by atoms with van der Waals surface area (Å²) in [5.41, 5.74) is 13.5. The van der Waals surface area contributed by atoms with E-state index in [0.717, 1.165) is 66.9 Å². The molecule has 2 aromatic heterocycles. The minimum Gasteiger partial charge on any atom is -0.507 e. The Hall–Kier alpha value is -6.26. The predicted molar refractivity (Wildman–Crippen MR) is 238 cm³/mol. The van der Waals surface area contributed by atoms with E-state index in [1.165, 1.54) is 11.1 Å². The van der Waals surface area contributed by atoms with Crippen molar-refractivity contribution in [1.82, 2.24) is 14.5 Å². The summed E-state index contributed by atoms with van der Waals surface area (Å²) in [4.78, 5) is 10.5. The molecule has 0 aliphatic carbocycles. The van der Waals surface area contributed by atoms with E-state index in [1.807, 2.05) is 18.3 Å². The molecule has 8 aromatic rings. The van der Waals surface area contributed by atoms with Gasteiger partial charge in [-0.05, 0) is 92.7 Å². The lowest BCUT2D eigenvalue weighted by Crippen LogP contribution is -2.19. The molecule has 4 heteroatoms. The molecule has 4 nitrogen and oxygen atoms in total. The number of imidazole rings is 1. The Bertz CT molecular complexity index is 2710. The molecule has 1 N–H and O–H groups in total. The van der Waals surface area contributed by atoms with Gasteiger partial charge in [0.2, 0.25) is 0 Å². The van der Waals surface area contributed by atoms with Crippen LogP contribution in [-0.4, -0.2) is 19.6 Å². The Morgan fingerprint density at radius 2 is 1.14 bits per heavy atom. The van der Waals surface area contributed by atoms with Crippen LogP contribution in [0.2, 0.25) is 0 Å². The summed E-state index contributed by atoms with van der Waals surface area (Å²) in [6.45, 7) is 17.7. The summed E-state index contributed by atoms with van der Waals surface area (Å²) < 4.78 is 2.20. The second-order valence-corrected chi connectivity index (χ2v) is 17.8. The standard InChI is InChI=1S/C53H51N3O/c1-51(2,3)40-33-44(49(57)45(34-40)52(4,5)6)50-55-48-43(25-18-26-47(48)56(50)42-23-16-11-17-24-42)37-29-38(31-41(30-37)53(7,8)39-21-14-10-15-22-39)46-32-36(27-28-54-46)35-19-12-9-13-20-35/h9-34,57H,1-8H3. The molecule has 0 saturated heterocycles. The highest BCUT2D eigenvalue weighted by Gasteiger charge is 2.29. The van der Waals surface area contributed by atoms with Crippen LogP contribution < -0.4 is 0 Å². The van der Waals surface area contributed by atoms with Crippen molar-refractivity contribution in [1.29, 1.82) is 0 Å². The van der Waals surface area contributed by atoms with E-state index in [0.29, 0.717) is 5.82 Å². The van der Waals surface area contributed by atoms with Crippen molar-refractivity contribution in [2.75, 3.05) is 0 Å². The first-order valence-electron chi connectivity index (χ1n) is 19.9. The zero-order chi connectivity index (χ0) is 40.1. The second kappa shape index (κ2) is 14.4. The highest BCUT2D eigenvalue weighted by molar-refractivity contribution is 5.97. The van der Waals surface area contributed by atoms with Crippen molar-refractivity contribution in [2.24, 2.45) is 0 Å². The summed E-state index contributed by atoms with van der Waals surface area (Å²) in [6, 6.07) is 53.4. The van der Waals surface area contributed by atoms with Crippen molar-refractivity contribution >= 4 is 11.0 Å². The molecular weight excluding hydrogens is 695 g/mol. The molecule has 284 valence electrons. The Kier molecular flexibility index (Phi) is 9.48. The number of hydrogen-bond acceptors (Lipinski definition) is 3. The van der Waals surface area contributed by atoms with E-state index in [1.54, 1.807) is 0 Å². The summed E-state index contributed by atoms with van der Waals surface area (Å²) in [5.74, 6) is 0.971. The number of fused-ring (bicyclic) bond motifs is 1. The van der Waals surface area contributed by atoms with Crippen LogP contribution in [0, 0.1) is 0 Å². The highest BCUT2D eigenvalue weighted by Crippen LogP contribution is 2.45. The van der Waals surface area contributed by atoms with E-state index < -0.39 is 0 Å². The summed E-state index contributed by atoms with van der Waals surface area (Å²) in [7, 11) is 0. The van der Waals surface area contributed by atoms with Crippen molar-refractivity contribution in [3.63, 3.8) is 0 Å². The largest absolute Gasteiger partial charge is 0.507 e. The third-order valence-electron chi connectivity index (χ3n) is 11.3. The Labute approximate surface area is 337 Å². The fourth-order valence-corrected chi connectivity index (χ4v) is 7.87. The molecule has 0 spiro atoms. The van der Waals surface area contributed by atoms with Gasteiger partial charge in [-0.3, -0.25) is 9.55 Å². The van der Waals surface area contributed by atoms with Gasteiger partial charge in [-0.1, -0.05) is 159 Å². The Morgan fingerprint density at radius 3 is 1.81 bits per heavy atom. The first-order chi connectivity index (χ1) is 27.2. The molecule has 0 aliphatic rings. The molecule has 0 atom stereocenters. The van der Waals surface area contributed by atoms with Gasteiger partial charge in [0.25, 0.3) is 0 Å². The van der Waals surface area contributed by atoms with Crippen LogP contribution in [0.25, 0.3) is 61.6 Å². The van der Waals surface area contributed by atoms with Gasteiger partial charge in [-0.2, -0.15) is 0 Å². The number of aromatic nitrogens is 3. The van der Waals surface area contributed by atoms with Crippen LogP contribution >= 0.6 is 0 Å². The van der Waals surface area contributed by atoms with Gasteiger partial charge in [0.1, 0.15) is 11.6 Å². The quantitative estimate of drug-likeness (QED) is 0.177. The van der Waals surface area contributed by atoms with Gasteiger partial charge in [-0.25, -0.2) is 4.98 Å². The number of para-hydroxylation sites is 2. The first-order valence-corrected chi connectivity index (χ1v) is 19.9. The molecule has 57 heavy (non-hydrogen) atoms. The number of phenols is 1. The maximum atomic E-state index is 12.2. The minimum absolute atomic E-state index is 0.147. The number of hydrogen-bond donors (Lipinski definition) is 1. The molecule has 0 radical (unpaired) electrons. The van der Waals surface area contributed by atoms with E-state index in [9.17, 15) is 5.11 Å². The van der Waals surface area contributed by atoms with Gasteiger partial charge >= 0.3 is 0 Å². The predicted octanol–water partition coefficient (Wildman–Crippen LogP) is 13.7. The summed E-state index contributed by atoms with van der Waals surface area (Å²) in [5, 5.41) is 12.2. The monoisotopic (exact) mass is 745 g/mol. The number of pyridine rings is 1. The molecule has 6 aromatic carbocycles. The smallest absolute Gasteiger partial charge is 0.149 e. The van der Waals surface area contributed by atoms with Crippen LogP contribution in [0.5, 0.6) is 5.75 Å². The van der Waals surface area contributed by atoms with Crippen molar-refractivity contribution in [2.45, 2.75) is 71.6 Å². The molecule has 0 amide bonds. The number of phenolic OH excluding ortho intramolecular Hbond substituents is 1. The molecule has 2 heterocycles. The van der Waals surface area contributed by atoms with Gasteiger partial charge < -0.3 is 5.11 Å². The van der Waals surface area contributed by atoms with E-state index >= 15 is 0 Å². The van der Waals surface area contributed by atoms with E-state index in [-0.39, 0.29) is 22.0 Å². The Balaban J connectivity index is 1.41. The average molecular weight is 746 g/mol. The number of benzene rings is 6. The molecular formula is C53H51N3O. The van der Waals surface area contributed by atoms with Gasteiger partial charge in [-0.15, -0.1) is 0 Å². The molecule has 0 bridgehead atoms. The van der Waals surface area contributed by atoms with Crippen molar-refractivity contribution in [3.05, 3.63) is 180 Å². The van der Waals surface area contributed by atoms with Crippen LogP contribution in [0.4, 0.5) is 0 Å². The molecule has 0 saturated carbocycles. The second-order valence-electron chi connectivity index (χ2n) is 17.8. The SMILES string of the molecule is CC(C)(C)c1cc(-c2nc3c(-c4cc(-c5cc(-c6ccccc6)ccn5)cc(C(C)(C)c5ccccc5)c4)cccc3n2-c2ccccc2)c(O)c(C(C)(C)C)c1. The van der Waals surface area contributed by atoms with E-state index in [4.69, 9.17) is 9.97 Å². The Morgan fingerprint density at radius 1 is 0.491 bits per heavy atom. The zero-order valence-corrected chi connectivity index (χ0v) is 34.3. The van der Waals surface area contributed by atoms with Crippen LogP contribution in [0.3, 0.4) is 0 Å². The van der Waals surface area contributed by atoms with E-state index in [2.05, 4.69) is 199 Å². The normalized spacial score (nSPS) is 12.3. The average Bonchev–Trinajstić information content (AvgIpc) is 3.60. The molecule has 8 rings (SSSR count). The molecule has 0 aliphatic heterocycles. The topological polar surface area (TPSA) is 50.9 Å². The number of rotatable bonds is 7. The van der Waals surface area contributed by atoms with Crippen molar-refractivity contribution in [3.8, 4) is 56.3 Å². The maximum absolute atomic E-state index is 12.2. The lowest BCUT2D eigenvalue weighted by Gasteiger charge is -2.27. The number of nitrogens with zero attached hydrogens (tertiary/aromatic N) is 3. The maximum Gasteiger partial charge on any atom is 0.149 e. The third-order valence-corrected chi connectivity index (χ3v) is 11.3. The van der Waals surface area contributed by atoms with Crippen molar-refractivity contribution < 1.29 is 5.11 Å². The van der Waals surface area contributed by atoms with Crippen LogP contribution in [-0.2, 0) is 16.2 Å². The lowest BCUT2D eigenvalue weighted by molar-refractivity contribution is 0.446. The molecule has 0 fully saturated rings. The van der Waals surface area contributed by atoms with Crippen LogP contribution in [0.1, 0.15) is 77.6 Å². The first kappa shape index (κ1) is 37.7. The van der Waals surface area contributed by atoms with Crippen LogP contribution in [0.15, 0.2) is 158 Å². The third kappa shape index (κ3) is 7.17.